The molecule has 0 amide bonds. The second-order valence-corrected chi connectivity index (χ2v) is 5.99. The van der Waals surface area contributed by atoms with E-state index in [1.54, 1.807) is 18.2 Å². The van der Waals surface area contributed by atoms with Crippen LogP contribution < -0.4 is 0 Å². The third kappa shape index (κ3) is 2.94. The maximum atomic E-state index is 6.25. The van der Waals surface area contributed by atoms with Crippen molar-refractivity contribution in [3.05, 3.63) is 56.4 Å². The second kappa shape index (κ2) is 5.97. The van der Waals surface area contributed by atoms with Crippen molar-refractivity contribution in [2.45, 2.75) is 0 Å². The standard InChI is InChI=1S/C14H6BrCl3N2O/c15-10-6-5-9(21-10)14-19-12(17)11(13(18)20-14)7-3-1-2-4-8(7)16/h1-6H. The van der Waals surface area contributed by atoms with Crippen LogP contribution in [0.25, 0.3) is 22.7 Å². The number of aromatic nitrogens is 2. The maximum Gasteiger partial charge on any atom is 0.198 e. The first-order valence-electron chi connectivity index (χ1n) is 5.80. The summed E-state index contributed by atoms with van der Waals surface area (Å²) in [5, 5.41) is 0.953. The molecular weight excluding hydrogens is 398 g/mol. The number of furan rings is 1. The van der Waals surface area contributed by atoms with Crippen molar-refractivity contribution >= 4 is 50.7 Å². The van der Waals surface area contributed by atoms with Crippen LogP contribution in [0.1, 0.15) is 0 Å². The molecule has 3 aromatic rings. The fourth-order valence-corrected chi connectivity index (χ4v) is 2.97. The minimum Gasteiger partial charge on any atom is -0.446 e. The van der Waals surface area contributed by atoms with E-state index in [0.717, 1.165) is 0 Å². The summed E-state index contributed by atoms with van der Waals surface area (Å²) in [6.07, 6.45) is 0. The molecule has 0 aliphatic rings. The molecule has 1 aromatic carbocycles. The Labute approximate surface area is 144 Å². The minimum atomic E-state index is 0.214. The summed E-state index contributed by atoms with van der Waals surface area (Å²) in [7, 11) is 0. The molecule has 0 radical (unpaired) electrons. The number of rotatable bonds is 2. The first-order valence-corrected chi connectivity index (χ1v) is 7.72. The van der Waals surface area contributed by atoms with E-state index in [9.17, 15) is 0 Å². The maximum absolute atomic E-state index is 6.25. The van der Waals surface area contributed by atoms with Crippen LogP contribution in [-0.2, 0) is 0 Å². The molecule has 2 aromatic heterocycles. The zero-order chi connectivity index (χ0) is 15.0. The van der Waals surface area contributed by atoms with Crippen LogP contribution in [0.2, 0.25) is 15.3 Å². The third-order valence-electron chi connectivity index (χ3n) is 2.76. The Bertz CT molecular complexity index is 796. The Hall–Kier alpha value is -1.07. The Morgan fingerprint density at radius 3 is 2.14 bits per heavy atom. The number of benzene rings is 1. The van der Waals surface area contributed by atoms with Gasteiger partial charge in [0.15, 0.2) is 16.3 Å². The number of halogens is 4. The summed E-state index contributed by atoms with van der Waals surface area (Å²) in [5.41, 5.74) is 1.18. The van der Waals surface area contributed by atoms with Crippen LogP contribution in [0, 0.1) is 0 Å². The third-order valence-corrected chi connectivity index (χ3v) is 4.06. The molecule has 0 bridgehead atoms. The lowest BCUT2D eigenvalue weighted by atomic mass is 10.1. The van der Waals surface area contributed by atoms with Gasteiger partial charge in [-0.2, -0.15) is 0 Å². The summed E-state index contributed by atoms with van der Waals surface area (Å²) in [6, 6.07) is 10.7. The second-order valence-electron chi connectivity index (χ2n) is 4.09. The first kappa shape index (κ1) is 14.9. The van der Waals surface area contributed by atoms with Gasteiger partial charge in [0.2, 0.25) is 0 Å². The van der Waals surface area contributed by atoms with Gasteiger partial charge in [0.25, 0.3) is 0 Å². The van der Waals surface area contributed by atoms with Gasteiger partial charge in [-0.3, -0.25) is 0 Å². The first-order chi connectivity index (χ1) is 10.1. The van der Waals surface area contributed by atoms with Gasteiger partial charge in [-0.1, -0.05) is 53.0 Å². The molecule has 0 atom stereocenters. The van der Waals surface area contributed by atoms with Crippen LogP contribution in [0.15, 0.2) is 45.5 Å². The summed E-state index contributed by atoms with van der Waals surface area (Å²) in [5.74, 6) is 0.780. The molecule has 3 nitrogen and oxygen atoms in total. The molecular formula is C14H6BrCl3N2O. The predicted molar refractivity (Wildman–Crippen MR) is 87.9 cm³/mol. The predicted octanol–water partition coefficient (Wildman–Crippen LogP) is 6.13. The van der Waals surface area contributed by atoms with E-state index in [4.69, 9.17) is 39.2 Å². The number of nitrogens with zero attached hydrogens (tertiary/aromatic N) is 2. The number of hydrogen-bond acceptors (Lipinski definition) is 3. The fourth-order valence-electron chi connectivity index (χ4n) is 1.84. The van der Waals surface area contributed by atoms with Crippen molar-refractivity contribution in [2.75, 3.05) is 0 Å². The smallest absolute Gasteiger partial charge is 0.198 e. The largest absolute Gasteiger partial charge is 0.446 e. The van der Waals surface area contributed by atoms with Crippen LogP contribution >= 0.6 is 50.7 Å². The molecule has 0 N–H and O–H groups in total. The monoisotopic (exact) mass is 402 g/mol. The van der Waals surface area contributed by atoms with Crippen molar-refractivity contribution in [2.24, 2.45) is 0 Å². The lowest BCUT2D eigenvalue weighted by Crippen LogP contribution is -1.94. The number of hydrogen-bond donors (Lipinski definition) is 0. The summed E-state index contributed by atoms with van der Waals surface area (Å²) in [4.78, 5) is 8.46. The van der Waals surface area contributed by atoms with Gasteiger partial charge in [-0.15, -0.1) is 0 Å². The molecule has 0 spiro atoms. The van der Waals surface area contributed by atoms with Crippen LogP contribution in [0.3, 0.4) is 0 Å². The van der Waals surface area contributed by atoms with E-state index in [-0.39, 0.29) is 10.3 Å². The van der Waals surface area contributed by atoms with Crippen LogP contribution in [0.5, 0.6) is 0 Å². The topological polar surface area (TPSA) is 38.9 Å². The molecule has 106 valence electrons. The highest BCUT2D eigenvalue weighted by Gasteiger charge is 2.18. The summed E-state index contributed by atoms with van der Waals surface area (Å²) < 4.78 is 5.97. The van der Waals surface area contributed by atoms with Crippen molar-refractivity contribution < 1.29 is 4.42 Å². The molecule has 21 heavy (non-hydrogen) atoms. The lowest BCUT2D eigenvalue weighted by Gasteiger charge is -2.09. The molecule has 0 saturated heterocycles. The average Bonchev–Trinajstić information content (AvgIpc) is 2.87. The molecule has 7 heteroatoms. The molecule has 0 fully saturated rings. The Kier molecular flexibility index (Phi) is 4.22. The van der Waals surface area contributed by atoms with E-state index < -0.39 is 0 Å². The zero-order valence-corrected chi connectivity index (χ0v) is 14.1. The van der Waals surface area contributed by atoms with E-state index in [1.807, 2.05) is 18.2 Å². The average molecular weight is 404 g/mol. The summed E-state index contributed by atoms with van der Waals surface area (Å²) in [6.45, 7) is 0. The Morgan fingerprint density at radius 2 is 1.57 bits per heavy atom. The molecule has 0 aliphatic carbocycles. The highest BCUT2D eigenvalue weighted by Crippen LogP contribution is 2.38. The molecule has 0 unspecified atom stereocenters. The van der Waals surface area contributed by atoms with Crippen LogP contribution in [0.4, 0.5) is 0 Å². The lowest BCUT2D eigenvalue weighted by molar-refractivity contribution is 0.551. The molecule has 0 saturated carbocycles. The normalized spacial score (nSPS) is 10.9. The molecule has 2 heterocycles. The van der Waals surface area contributed by atoms with Crippen molar-refractivity contribution in [1.29, 1.82) is 0 Å². The van der Waals surface area contributed by atoms with E-state index in [2.05, 4.69) is 25.9 Å². The van der Waals surface area contributed by atoms with Crippen molar-refractivity contribution in [3.63, 3.8) is 0 Å². The van der Waals surface area contributed by atoms with Gasteiger partial charge < -0.3 is 4.42 Å². The summed E-state index contributed by atoms with van der Waals surface area (Å²) >= 11 is 21.9. The zero-order valence-electron chi connectivity index (χ0n) is 10.3. The Morgan fingerprint density at radius 1 is 0.905 bits per heavy atom. The minimum absolute atomic E-state index is 0.214. The van der Waals surface area contributed by atoms with Gasteiger partial charge in [-0.25, -0.2) is 9.97 Å². The van der Waals surface area contributed by atoms with Crippen molar-refractivity contribution in [1.82, 2.24) is 9.97 Å². The van der Waals surface area contributed by atoms with Crippen LogP contribution in [-0.4, -0.2) is 9.97 Å². The Balaban J connectivity index is 2.15. The SMILES string of the molecule is Clc1ccccc1-c1c(Cl)nc(-c2ccc(Br)o2)nc1Cl. The highest BCUT2D eigenvalue weighted by atomic mass is 79.9. The highest BCUT2D eigenvalue weighted by molar-refractivity contribution is 9.10. The quantitative estimate of drug-likeness (QED) is 0.483. The van der Waals surface area contributed by atoms with Gasteiger partial charge in [0.1, 0.15) is 10.3 Å². The van der Waals surface area contributed by atoms with Gasteiger partial charge in [0.05, 0.1) is 5.56 Å². The van der Waals surface area contributed by atoms with E-state index in [1.165, 1.54) is 0 Å². The van der Waals surface area contributed by atoms with E-state index in [0.29, 0.717) is 32.4 Å². The fraction of sp³-hybridized carbons (Fsp3) is 0. The van der Waals surface area contributed by atoms with Gasteiger partial charge in [-0.05, 0) is 34.1 Å². The molecule has 0 aliphatic heterocycles. The van der Waals surface area contributed by atoms with E-state index >= 15 is 0 Å². The molecule has 3 rings (SSSR count). The van der Waals surface area contributed by atoms with Gasteiger partial charge >= 0.3 is 0 Å². The van der Waals surface area contributed by atoms with Gasteiger partial charge in [0, 0.05) is 10.6 Å². The van der Waals surface area contributed by atoms with Crippen molar-refractivity contribution in [3.8, 4) is 22.7 Å².